The smallest absolute Gasteiger partial charge is 0.127 e. The Morgan fingerprint density at radius 1 is 1.14 bits per heavy atom. The topological polar surface area (TPSA) is 54.3 Å². The molecule has 0 unspecified atom stereocenters. The summed E-state index contributed by atoms with van der Waals surface area (Å²) in [5, 5.41) is 11.8. The molecule has 0 saturated heterocycles. The highest BCUT2D eigenvalue weighted by Crippen LogP contribution is 2.25. The summed E-state index contributed by atoms with van der Waals surface area (Å²) in [5.41, 5.74) is 1.14. The Labute approximate surface area is 128 Å². The van der Waals surface area contributed by atoms with Gasteiger partial charge in [0.15, 0.2) is 0 Å². The summed E-state index contributed by atoms with van der Waals surface area (Å²) in [6, 6.07) is 8.16. The van der Waals surface area contributed by atoms with Gasteiger partial charge in [-0.25, -0.2) is 0 Å². The van der Waals surface area contributed by atoms with Crippen molar-refractivity contribution in [2.45, 2.75) is 46.1 Å². The van der Waals surface area contributed by atoms with Gasteiger partial charge in [0.1, 0.15) is 11.5 Å². The van der Waals surface area contributed by atoms with Crippen LogP contribution < -0.4 is 14.8 Å². The molecular formula is C17H26N2O2. The predicted octanol–water partition coefficient (Wildman–Crippen LogP) is 3.66. The summed E-state index contributed by atoms with van der Waals surface area (Å²) in [4.78, 5) is 0. The quantitative estimate of drug-likeness (QED) is 0.632. The third-order valence-corrected chi connectivity index (χ3v) is 3.02. The standard InChI is InChI=1S/C17H26N2O2/c1-3-11-20-16-9-8-15(14-19-4-2)17(13-16)21-12-7-5-6-10-18/h8-9,13,19H,3-7,11-12,14H2,1-2H3. The molecule has 0 aliphatic carbocycles. The van der Waals surface area contributed by atoms with Crippen LogP contribution in [0.3, 0.4) is 0 Å². The molecule has 4 heteroatoms. The largest absolute Gasteiger partial charge is 0.493 e. The second-order valence-electron chi connectivity index (χ2n) is 4.86. The number of rotatable bonds is 11. The third kappa shape index (κ3) is 7.01. The van der Waals surface area contributed by atoms with Gasteiger partial charge in [-0.2, -0.15) is 5.26 Å². The monoisotopic (exact) mass is 290 g/mol. The summed E-state index contributed by atoms with van der Waals surface area (Å²) >= 11 is 0. The first kappa shape index (κ1) is 17.3. The Morgan fingerprint density at radius 2 is 2.00 bits per heavy atom. The number of unbranched alkanes of at least 4 members (excludes halogenated alkanes) is 2. The summed E-state index contributed by atoms with van der Waals surface area (Å²) < 4.78 is 11.5. The summed E-state index contributed by atoms with van der Waals surface area (Å²) in [6.07, 6.45) is 3.36. The Morgan fingerprint density at radius 3 is 2.71 bits per heavy atom. The molecule has 0 spiro atoms. The highest BCUT2D eigenvalue weighted by atomic mass is 16.5. The van der Waals surface area contributed by atoms with Crippen LogP contribution in [-0.4, -0.2) is 19.8 Å². The summed E-state index contributed by atoms with van der Waals surface area (Å²) in [5.74, 6) is 1.73. The summed E-state index contributed by atoms with van der Waals surface area (Å²) in [7, 11) is 0. The van der Waals surface area contributed by atoms with E-state index >= 15 is 0 Å². The SMILES string of the molecule is CCCOc1ccc(CNCC)c(OCCCCC#N)c1. The Bertz CT molecular complexity index is 441. The van der Waals surface area contributed by atoms with Crippen molar-refractivity contribution in [3.63, 3.8) is 0 Å². The maximum Gasteiger partial charge on any atom is 0.127 e. The Balaban J connectivity index is 2.62. The number of ether oxygens (including phenoxy) is 2. The first-order valence-electron chi connectivity index (χ1n) is 7.78. The van der Waals surface area contributed by atoms with Gasteiger partial charge in [-0.05, 0) is 31.9 Å². The molecule has 0 atom stereocenters. The van der Waals surface area contributed by atoms with Crippen LogP contribution in [0.4, 0.5) is 0 Å². The van der Waals surface area contributed by atoms with Crippen LogP contribution in [0, 0.1) is 11.3 Å². The first-order valence-corrected chi connectivity index (χ1v) is 7.78. The van der Waals surface area contributed by atoms with E-state index in [1.54, 1.807) is 0 Å². The molecule has 0 aliphatic rings. The molecule has 1 aromatic rings. The number of benzene rings is 1. The van der Waals surface area contributed by atoms with Crippen LogP contribution in [0.2, 0.25) is 0 Å². The van der Waals surface area contributed by atoms with Crippen molar-refractivity contribution in [2.75, 3.05) is 19.8 Å². The van der Waals surface area contributed by atoms with Crippen molar-refractivity contribution in [1.82, 2.24) is 5.32 Å². The average Bonchev–Trinajstić information content (AvgIpc) is 2.51. The molecule has 0 aliphatic heterocycles. The molecule has 0 aromatic heterocycles. The van der Waals surface area contributed by atoms with Crippen molar-refractivity contribution in [3.05, 3.63) is 23.8 Å². The van der Waals surface area contributed by atoms with Gasteiger partial charge in [0.05, 0.1) is 19.3 Å². The Kier molecular flexibility index (Phi) is 9.06. The van der Waals surface area contributed by atoms with Crippen molar-refractivity contribution < 1.29 is 9.47 Å². The average molecular weight is 290 g/mol. The minimum absolute atomic E-state index is 0.591. The van der Waals surface area contributed by atoms with Gasteiger partial charge in [0.2, 0.25) is 0 Å². The van der Waals surface area contributed by atoms with E-state index in [4.69, 9.17) is 14.7 Å². The molecule has 1 N–H and O–H groups in total. The molecule has 1 rings (SSSR count). The molecule has 0 heterocycles. The molecule has 0 fully saturated rings. The Hall–Kier alpha value is -1.73. The van der Waals surface area contributed by atoms with Crippen molar-refractivity contribution in [3.8, 4) is 17.6 Å². The fourth-order valence-electron chi connectivity index (χ4n) is 1.87. The maximum absolute atomic E-state index is 8.53. The number of nitrogens with zero attached hydrogens (tertiary/aromatic N) is 1. The normalized spacial score (nSPS) is 10.1. The van der Waals surface area contributed by atoms with E-state index in [0.717, 1.165) is 49.4 Å². The molecular weight excluding hydrogens is 264 g/mol. The zero-order valence-corrected chi connectivity index (χ0v) is 13.2. The van der Waals surface area contributed by atoms with E-state index in [2.05, 4.69) is 31.3 Å². The fraction of sp³-hybridized carbons (Fsp3) is 0.588. The van der Waals surface area contributed by atoms with E-state index < -0.39 is 0 Å². The van der Waals surface area contributed by atoms with E-state index in [9.17, 15) is 0 Å². The highest BCUT2D eigenvalue weighted by Gasteiger charge is 2.06. The van der Waals surface area contributed by atoms with Crippen LogP contribution in [0.1, 0.15) is 45.1 Å². The zero-order valence-electron chi connectivity index (χ0n) is 13.2. The molecule has 4 nitrogen and oxygen atoms in total. The number of hydrogen-bond acceptors (Lipinski definition) is 4. The van der Waals surface area contributed by atoms with Crippen LogP contribution in [0.5, 0.6) is 11.5 Å². The lowest BCUT2D eigenvalue weighted by Gasteiger charge is -2.14. The molecule has 1 aromatic carbocycles. The predicted molar refractivity (Wildman–Crippen MR) is 84.6 cm³/mol. The van der Waals surface area contributed by atoms with E-state index in [-0.39, 0.29) is 0 Å². The first-order chi connectivity index (χ1) is 10.3. The summed E-state index contributed by atoms with van der Waals surface area (Å²) in [6.45, 7) is 7.24. The number of nitriles is 1. The van der Waals surface area contributed by atoms with Crippen LogP contribution in [0.25, 0.3) is 0 Å². The molecule has 116 valence electrons. The van der Waals surface area contributed by atoms with Gasteiger partial charge in [-0.15, -0.1) is 0 Å². The number of hydrogen-bond donors (Lipinski definition) is 1. The van der Waals surface area contributed by atoms with Gasteiger partial charge in [0, 0.05) is 24.6 Å². The van der Waals surface area contributed by atoms with Gasteiger partial charge in [0.25, 0.3) is 0 Å². The minimum Gasteiger partial charge on any atom is -0.493 e. The van der Waals surface area contributed by atoms with Crippen LogP contribution in [-0.2, 0) is 6.54 Å². The second kappa shape index (κ2) is 11.0. The van der Waals surface area contributed by atoms with E-state index in [0.29, 0.717) is 19.6 Å². The number of nitrogens with one attached hydrogen (secondary N) is 1. The minimum atomic E-state index is 0.591. The molecule has 0 bridgehead atoms. The lowest BCUT2D eigenvalue weighted by Crippen LogP contribution is -2.13. The van der Waals surface area contributed by atoms with Gasteiger partial charge in [-0.3, -0.25) is 0 Å². The fourth-order valence-corrected chi connectivity index (χ4v) is 1.87. The molecule has 0 saturated carbocycles. The van der Waals surface area contributed by atoms with Gasteiger partial charge < -0.3 is 14.8 Å². The van der Waals surface area contributed by atoms with Gasteiger partial charge in [-0.1, -0.05) is 19.9 Å². The lowest BCUT2D eigenvalue weighted by molar-refractivity contribution is 0.293. The zero-order chi connectivity index (χ0) is 15.3. The van der Waals surface area contributed by atoms with Crippen LogP contribution >= 0.6 is 0 Å². The van der Waals surface area contributed by atoms with Crippen molar-refractivity contribution >= 4 is 0 Å². The van der Waals surface area contributed by atoms with Crippen molar-refractivity contribution in [1.29, 1.82) is 5.26 Å². The van der Waals surface area contributed by atoms with Gasteiger partial charge >= 0.3 is 0 Å². The molecule has 21 heavy (non-hydrogen) atoms. The van der Waals surface area contributed by atoms with E-state index in [1.165, 1.54) is 0 Å². The maximum atomic E-state index is 8.53. The molecule has 0 radical (unpaired) electrons. The van der Waals surface area contributed by atoms with Crippen LogP contribution in [0.15, 0.2) is 18.2 Å². The second-order valence-corrected chi connectivity index (χ2v) is 4.86. The van der Waals surface area contributed by atoms with E-state index in [1.807, 2.05) is 12.1 Å². The van der Waals surface area contributed by atoms with Crippen molar-refractivity contribution in [2.24, 2.45) is 0 Å². The molecule has 0 amide bonds. The lowest BCUT2D eigenvalue weighted by atomic mass is 10.2. The third-order valence-electron chi connectivity index (χ3n) is 3.02. The highest BCUT2D eigenvalue weighted by molar-refractivity contribution is 5.40.